The predicted octanol–water partition coefficient (Wildman–Crippen LogP) is 5.76. The molecule has 2 rings (SSSR count). The minimum atomic E-state index is -0.469. The Bertz CT molecular complexity index is 819. The van der Waals surface area contributed by atoms with Crippen molar-refractivity contribution in [2.45, 2.75) is 51.9 Å². The molecule has 0 aliphatic rings. The van der Waals surface area contributed by atoms with E-state index >= 15 is 0 Å². The number of rotatable bonds is 11. The van der Waals surface area contributed by atoms with Gasteiger partial charge in [0.25, 0.3) is 0 Å². The second kappa shape index (κ2) is 12.7. The number of benzene rings is 2. The zero-order valence-corrected chi connectivity index (χ0v) is 17.5. The minimum absolute atomic E-state index is 0.0953. The Hall–Kier alpha value is -2.66. The monoisotopic (exact) mass is 414 g/mol. The van der Waals surface area contributed by atoms with Crippen molar-refractivity contribution in [3.05, 3.63) is 64.7 Å². The van der Waals surface area contributed by atoms with Gasteiger partial charge in [-0.15, -0.1) is 0 Å². The normalized spacial score (nSPS) is 10.8. The maximum atomic E-state index is 12.2. The fourth-order valence-corrected chi connectivity index (χ4v) is 2.84. The molecular weight excluding hydrogens is 388 g/mol. The molecule has 0 saturated heterocycles. The van der Waals surface area contributed by atoms with E-state index in [0.717, 1.165) is 12.8 Å². The van der Waals surface area contributed by atoms with Crippen LogP contribution in [0.3, 0.4) is 0 Å². The molecule has 154 valence electrons. The molecular formula is C23H27ClN2O3. The topological polar surface area (TPSA) is 67.8 Å². The van der Waals surface area contributed by atoms with Crippen LogP contribution < -0.4 is 10.2 Å². The van der Waals surface area contributed by atoms with Gasteiger partial charge in [0.05, 0.1) is 11.8 Å². The highest BCUT2D eigenvalue weighted by Crippen LogP contribution is 2.16. The lowest BCUT2D eigenvalue weighted by atomic mass is 10.1. The van der Waals surface area contributed by atoms with Crippen LogP contribution >= 0.6 is 11.6 Å². The van der Waals surface area contributed by atoms with Crippen molar-refractivity contribution < 1.29 is 14.3 Å². The fraction of sp³-hybridized carbons (Fsp3) is 0.348. The Morgan fingerprint density at radius 1 is 1.03 bits per heavy atom. The number of nitrogens with zero attached hydrogens (tertiary/aromatic N) is 1. The standard InChI is InChI=1S/C23H27ClN2O3/c1-2-3-4-5-6-7-11-22(27)26-25-17-18-9-8-10-21(16-18)29-23(28)19-12-14-20(24)15-13-19/h8-10,12-17H,2-7,11H2,1H3,(H,26,27)/b25-17-. The van der Waals surface area contributed by atoms with Crippen LogP contribution in [0, 0.1) is 0 Å². The summed E-state index contributed by atoms with van der Waals surface area (Å²) in [4.78, 5) is 24.0. The van der Waals surface area contributed by atoms with Crippen LogP contribution in [0.5, 0.6) is 5.75 Å². The molecule has 1 N–H and O–H groups in total. The molecule has 2 aromatic carbocycles. The SMILES string of the molecule is CCCCCCCCC(=O)N/N=C\c1cccc(OC(=O)c2ccc(Cl)cc2)c1. The largest absolute Gasteiger partial charge is 0.423 e. The summed E-state index contributed by atoms with van der Waals surface area (Å²) in [6.07, 6.45) is 8.82. The molecule has 0 aliphatic heterocycles. The van der Waals surface area contributed by atoms with Gasteiger partial charge in [0.15, 0.2) is 0 Å². The van der Waals surface area contributed by atoms with Crippen LogP contribution in [0.1, 0.15) is 67.8 Å². The second-order valence-corrected chi connectivity index (χ2v) is 7.22. The van der Waals surface area contributed by atoms with Crippen molar-refractivity contribution in [1.29, 1.82) is 0 Å². The van der Waals surface area contributed by atoms with E-state index in [2.05, 4.69) is 17.5 Å². The summed E-state index contributed by atoms with van der Waals surface area (Å²) in [5.41, 5.74) is 3.66. The number of unbranched alkanes of at least 4 members (excludes halogenated alkanes) is 5. The highest BCUT2D eigenvalue weighted by molar-refractivity contribution is 6.30. The minimum Gasteiger partial charge on any atom is -0.423 e. The number of hydrogen-bond donors (Lipinski definition) is 1. The number of hydrogen-bond acceptors (Lipinski definition) is 4. The Labute approximate surface area is 177 Å². The number of ether oxygens (including phenoxy) is 1. The molecule has 2 aromatic rings. The molecule has 0 unspecified atom stereocenters. The molecule has 0 saturated carbocycles. The average molecular weight is 415 g/mol. The van der Waals surface area contributed by atoms with Gasteiger partial charge in [-0.3, -0.25) is 4.79 Å². The van der Waals surface area contributed by atoms with E-state index in [0.29, 0.717) is 28.3 Å². The van der Waals surface area contributed by atoms with Crippen molar-refractivity contribution in [3.8, 4) is 5.75 Å². The summed E-state index contributed by atoms with van der Waals surface area (Å²) in [6.45, 7) is 2.19. The second-order valence-electron chi connectivity index (χ2n) is 6.78. The Morgan fingerprint density at radius 2 is 1.76 bits per heavy atom. The van der Waals surface area contributed by atoms with E-state index in [1.807, 2.05) is 6.07 Å². The van der Waals surface area contributed by atoms with Crippen LogP contribution in [0.25, 0.3) is 0 Å². The molecule has 29 heavy (non-hydrogen) atoms. The van der Waals surface area contributed by atoms with Gasteiger partial charge in [0.1, 0.15) is 5.75 Å². The van der Waals surface area contributed by atoms with E-state index in [4.69, 9.17) is 16.3 Å². The van der Waals surface area contributed by atoms with Gasteiger partial charge in [0.2, 0.25) is 5.91 Å². The molecule has 0 radical (unpaired) electrons. The van der Waals surface area contributed by atoms with E-state index in [1.165, 1.54) is 31.9 Å². The number of amides is 1. The zero-order valence-electron chi connectivity index (χ0n) is 16.7. The first-order chi connectivity index (χ1) is 14.1. The molecule has 0 bridgehead atoms. The maximum Gasteiger partial charge on any atom is 0.343 e. The molecule has 0 aromatic heterocycles. The van der Waals surface area contributed by atoms with E-state index in [-0.39, 0.29) is 5.91 Å². The molecule has 0 fully saturated rings. The first-order valence-electron chi connectivity index (χ1n) is 9.98. The quantitative estimate of drug-likeness (QED) is 0.167. The molecule has 6 heteroatoms. The van der Waals surface area contributed by atoms with E-state index in [9.17, 15) is 9.59 Å². The third-order valence-electron chi connectivity index (χ3n) is 4.31. The molecule has 0 spiro atoms. The van der Waals surface area contributed by atoms with Gasteiger partial charge < -0.3 is 4.74 Å². The lowest BCUT2D eigenvalue weighted by Gasteiger charge is -2.05. The fourth-order valence-electron chi connectivity index (χ4n) is 2.71. The molecule has 1 amide bonds. The first-order valence-corrected chi connectivity index (χ1v) is 10.4. The van der Waals surface area contributed by atoms with E-state index in [1.54, 1.807) is 42.5 Å². The highest BCUT2D eigenvalue weighted by atomic mass is 35.5. The lowest BCUT2D eigenvalue weighted by Crippen LogP contribution is -2.16. The van der Waals surface area contributed by atoms with Crippen LogP contribution in [0.4, 0.5) is 0 Å². The Balaban J connectivity index is 1.77. The predicted molar refractivity (Wildman–Crippen MR) is 117 cm³/mol. The van der Waals surface area contributed by atoms with Crippen LogP contribution in [0.15, 0.2) is 53.6 Å². The number of nitrogens with one attached hydrogen (secondary N) is 1. The number of esters is 1. The van der Waals surface area contributed by atoms with Crippen molar-refractivity contribution in [2.75, 3.05) is 0 Å². The van der Waals surface area contributed by atoms with Gasteiger partial charge in [-0.2, -0.15) is 5.10 Å². The van der Waals surface area contributed by atoms with Crippen LogP contribution in [0.2, 0.25) is 5.02 Å². The van der Waals surface area contributed by atoms with Gasteiger partial charge >= 0.3 is 5.97 Å². The molecule has 5 nitrogen and oxygen atoms in total. The van der Waals surface area contributed by atoms with Gasteiger partial charge in [-0.1, -0.05) is 62.8 Å². The molecule has 0 atom stereocenters. The van der Waals surface area contributed by atoms with Crippen LogP contribution in [-0.4, -0.2) is 18.1 Å². The smallest absolute Gasteiger partial charge is 0.343 e. The summed E-state index contributed by atoms with van der Waals surface area (Å²) < 4.78 is 5.37. The third kappa shape index (κ3) is 8.92. The highest BCUT2D eigenvalue weighted by Gasteiger charge is 2.08. The Kier molecular flexibility index (Phi) is 9.93. The summed E-state index contributed by atoms with van der Waals surface area (Å²) in [7, 11) is 0. The average Bonchev–Trinajstić information content (AvgIpc) is 2.71. The molecule has 0 heterocycles. The zero-order chi connectivity index (χ0) is 20.9. The van der Waals surface area contributed by atoms with Gasteiger partial charge in [-0.25, -0.2) is 10.2 Å². The van der Waals surface area contributed by atoms with E-state index < -0.39 is 5.97 Å². The molecule has 0 aliphatic carbocycles. The Morgan fingerprint density at radius 3 is 2.52 bits per heavy atom. The van der Waals surface area contributed by atoms with Crippen molar-refractivity contribution in [3.63, 3.8) is 0 Å². The number of carbonyl (C=O) groups excluding carboxylic acids is 2. The number of halogens is 1. The summed E-state index contributed by atoms with van der Waals surface area (Å²) in [5, 5.41) is 4.53. The van der Waals surface area contributed by atoms with Crippen LogP contribution in [-0.2, 0) is 4.79 Å². The van der Waals surface area contributed by atoms with Gasteiger partial charge in [0, 0.05) is 11.4 Å². The van der Waals surface area contributed by atoms with Gasteiger partial charge in [-0.05, 0) is 48.4 Å². The van der Waals surface area contributed by atoms with Crippen molar-refractivity contribution in [1.82, 2.24) is 5.43 Å². The summed E-state index contributed by atoms with van der Waals surface area (Å²) >= 11 is 5.83. The third-order valence-corrected chi connectivity index (χ3v) is 4.56. The summed E-state index contributed by atoms with van der Waals surface area (Å²) in [6, 6.07) is 13.4. The first kappa shape index (κ1) is 22.6. The lowest BCUT2D eigenvalue weighted by molar-refractivity contribution is -0.121. The number of hydrazone groups is 1. The van der Waals surface area contributed by atoms with Crippen molar-refractivity contribution in [2.24, 2.45) is 5.10 Å². The number of carbonyl (C=O) groups is 2. The maximum absolute atomic E-state index is 12.2. The summed E-state index contributed by atoms with van der Waals surface area (Å²) in [5.74, 6) is -0.169. The van der Waals surface area contributed by atoms with Crippen molar-refractivity contribution >= 4 is 29.7 Å².